The Morgan fingerprint density at radius 3 is 2.24 bits per heavy atom. The second kappa shape index (κ2) is 7.71. The predicted octanol–water partition coefficient (Wildman–Crippen LogP) is 3.27. The van der Waals surface area contributed by atoms with Gasteiger partial charge in [-0.05, 0) is 25.0 Å². The van der Waals surface area contributed by atoms with Crippen molar-refractivity contribution in [1.82, 2.24) is 0 Å². The van der Waals surface area contributed by atoms with E-state index in [1.165, 1.54) is 19.3 Å². The van der Waals surface area contributed by atoms with Crippen molar-refractivity contribution in [2.24, 2.45) is 0 Å². The molecule has 1 fully saturated rings. The summed E-state index contributed by atoms with van der Waals surface area (Å²) in [5.41, 5.74) is 0. The largest absolute Gasteiger partial charge is 0.508 e. The van der Waals surface area contributed by atoms with Crippen LogP contribution < -0.4 is 0 Å². The van der Waals surface area contributed by atoms with Gasteiger partial charge in [0.05, 0.1) is 0 Å². The molecule has 1 heterocycles. The third kappa shape index (κ3) is 6.61. The van der Waals surface area contributed by atoms with Gasteiger partial charge in [-0.3, -0.25) is 0 Å². The van der Waals surface area contributed by atoms with E-state index >= 15 is 0 Å². The SMILES string of the molecule is CCCCCCC1OC1=O.Oc1ccccc1. The number of aromatic hydroxyl groups is 1. The first-order valence-corrected chi connectivity index (χ1v) is 6.18. The van der Waals surface area contributed by atoms with Crippen LogP contribution in [-0.4, -0.2) is 17.2 Å². The van der Waals surface area contributed by atoms with E-state index in [0.717, 1.165) is 12.8 Å². The monoisotopic (exact) mass is 236 g/mol. The molecule has 1 unspecified atom stereocenters. The maximum absolute atomic E-state index is 10.3. The van der Waals surface area contributed by atoms with Crippen molar-refractivity contribution < 1.29 is 14.6 Å². The quantitative estimate of drug-likeness (QED) is 0.630. The van der Waals surface area contributed by atoms with Gasteiger partial charge >= 0.3 is 5.97 Å². The molecular weight excluding hydrogens is 216 g/mol. The fourth-order valence-corrected chi connectivity index (χ4v) is 1.47. The molecule has 3 nitrogen and oxygen atoms in total. The zero-order valence-electron chi connectivity index (χ0n) is 10.3. The van der Waals surface area contributed by atoms with Gasteiger partial charge in [-0.1, -0.05) is 44.4 Å². The first-order chi connectivity index (χ1) is 8.24. The zero-order valence-corrected chi connectivity index (χ0v) is 10.3. The molecular formula is C14H20O3. The maximum atomic E-state index is 10.3. The van der Waals surface area contributed by atoms with Crippen molar-refractivity contribution in [3.63, 3.8) is 0 Å². The molecule has 0 amide bonds. The highest BCUT2D eigenvalue weighted by Gasteiger charge is 2.36. The van der Waals surface area contributed by atoms with Crippen molar-refractivity contribution in [2.75, 3.05) is 0 Å². The molecule has 1 aromatic rings. The van der Waals surface area contributed by atoms with E-state index < -0.39 is 0 Å². The van der Waals surface area contributed by atoms with Gasteiger partial charge in [0.1, 0.15) is 5.75 Å². The second-order valence-electron chi connectivity index (χ2n) is 4.11. The number of rotatable bonds is 5. The van der Waals surface area contributed by atoms with Crippen LogP contribution in [0.2, 0.25) is 0 Å². The number of cyclic esters (lactones) is 1. The van der Waals surface area contributed by atoms with Crippen molar-refractivity contribution in [1.29, 1.82) is 0 Å². The molecule has 1 aliphatic heterocycles. The summed E-state index contributed by atoms with van der Waals surface area (Å²) >= 11 is 0. The van der Waals surface area contributed by atoms with Crippen LogP contribution in [0, 0.1) is 0 Å². The molecule has 17 heavy (non-hydrogen) atoms. The lowest BCUT2D eigenvalue weighted by molar-refractivity contribution is -0.117. The Morgan fingerprint density at radius 2 is 1.82 bits per heavy atom. The van der Waals surface area contributed by atoms with Crippen LogP contribution >= 0.6 is 0 Å². The number of hydrogen-bond donors (Lipinski definition) is 1. The molecule has 0 spiro atoms. The topological polar surface area (TPSA) is 49.8 Å². The van der Waals surface area contributed by atoms with E-state index in [2.05, 4.69) is 11.7 Å². The van der Waals surface area contributed by atoms with Crippen LogP contribution in [0.1, 0.15) is 39.0 Å². The molecule has 0 aromatic heterocycles. The fraction of sp³-hybridized carbons (Fsp3) is 0.500. The molecule has 0 aliphatic carbocycles. The standard InChI is InChI=1S/C8H14O2.C6H6O/c1-2-3-4-5-6-7-8(9)10-7;7-6-4-2-1-3-5-6/h7H,2-6H2,1H3;1-5,7H. The number of para-hydroxylation sites is 1. The van der Waals surface area contributed by atoms with Crippen molar-refractivity contribution >= 4 is 5.97 Å². The van der Waals surface area contributed by atoms with Gasteiger partial charge < -0.3 is 9.84 Å². The van der Waals surface area contributed by atoms with Crippen molar-refractivity contribution in [3.05, 3.63) is 30.3 Å². The Bertz CT molecular complexity index is 321. The molecule has 1 saturated heterocycles. The summed E-state index contributed by atoms with van der Waals surface area (Å²) in [4.78, 5) is 10.3. The van der Waals surface area contributed by atoms with Gasteiger partial charge in [0.2, 0.25) is 0 Å². The van der Waals surface area contributed by atoms with Gasteiger partial charge in [-0.2, -0.15) is 0 Å². The van der Waals surface area contributed by atoms with E-state index in [0.29, 0.717) is 5.75 Å². The molecule has 2 rings (SSSR count). The highest BCUT2D eigenvalue weighted by atomic mass is 16.6. The minimum atomic E-state index is -0.0168. The molecule has 0 radical (unpaired) electrons. The molecule has 94 valence electrons. The molecule has 1 N–H and O–H groups in total. The molecule has 0 saturated carbocycles. The van der Waals surface area contributed by atoms with Crippen LogP contribution in [0.5, 0.6) is 5.75 Å². The van der Waals surface area contributed by atoms with Crippen LogP contribution in [0.4, 0.5) is 0 Å². The number of ether oxygens (including phenoxy) is 1. The molecule has 1 aliphatic rings. The van der Waals surface area contributed by atoms with Gasteiger partial charge in [0.15, 0.2) is 6.10 Å². The summed E-state index contributed by atoms with van der Waals surface area (Å²) in [5, 5.41) is 8.63. The van der Waals surface area contributed by atoms with E-state index in [-0.39, 0.29) is 12.1 Å². The van der Waals surface area contributed by atoms with Gasteiger partial charge in [-0.15, -0.1) is 0 Å². The Kier molecular flexibility index (Phi) is 6.15. The molecule has 1 atom stereocenters. The summed E-state index contributed by atoms with van der Waals surface area (Å²) in [7, 11) is 0. The van der Waals surface area contributed by atoms with Crippen molar-refractivity contribution in [2.45, 2.75) is 45.1 Å². The lowest BCUT2D eigenvalue weighted by Gasteiger charge is -1.92. The van der Waals surface area contributed by atoms with Gasteiger partial charge in [-0.25, -0.2) is 4.79 Å². The average Bonchev–Trinajstić information content (AvgIpc) is 3.03. The highest BCUT2D eigenvalue weighted by molar-refractivity contribution is 5.87. The Labute approximate surface area is 102 Å². The summed E-state index contributed by atoms with van der Waals surface area (Å²) < 4.78 is 4.66. The summed E-state index contributed by atoms with van der Waals surface area (Å²) in [6.07, 6.45) is 5.84. The highest BCUT2D eigenvalue weighted by Crippen LogP contribution is 2.19. The molecule has 0 bridgehead atoms. The first-order valence-electron chi connectivity index (χ1n) is 6.18. The summed E-state index contributed by atoms with van der Waals surface area (Å²) in [6, 6.07) is 8.71. The van der Waals surface area contributed by atoms with Gasteiger partial charge in [0, 0.05) is 0 Å². The zero-order chi connectivity index (χ0) is 12.5. The normalized spacial score (nSPS) is 16.8. The number of hydrogen-bond acceptors (Lipinski definition) is 3. The summed E-state index contributed by atoms with van der Waals surface area (Å²) in [6.45, 7) is 2.18. The third-order valence-corrected chi connectivity index (χ3v) is 2.54. The number of phenols is 1. The fourth-order valence-electron chi connectivity index (χ4n) is 1.47. The lowest BCUT2D eigenvalue weighted by Crippen LogP contribution is -1.87. The van der Waals surface area contributed by atoms with E-state index in [4.69, 9.17) is 5.11 Å². The van der Waals surface area contributed by atoms with Crippen LogP contribution in [0.25, 0.3) is 0 Å². The van der Waals surface area contributed by atoms with Crippen LogP contribution in [0.15, 0.2) is 30.3 Å². The van der Waals surface area contributed by atoms with Crippen LogP contribution in [-0.2, 0) is 9.53 Å². The van der Waals surface area contributed by atoms with Crippen LogP contribution in [0.3, 0.4) is 0 Å². The van der Waals surface area contributed by atoms with E-state index in [9.17, 15) is 4.79 Å². The Hall–Kier alpha value is -1.51. The first kappa shape index (κ1) is 13.6. The smallest absolute Gasteiger partial charge is 0.348 e. The van der Waals surface area contributed by atoms with Gasteiger partial charge in [0.25, 0.3) is 0 Å². The molecule has 1 aromatic carbocycles. The minimum Gasteiger partial charge on any atom is -0.508 e. The van der Waals surface area contributed by atoms with E-state index in [1.807, 2.05) is 6.07 Å². The average molecular weight is 236 g/mol. The third-order valence-electron chi connectivity index (χ3n) is 2.54. The second-order valence-corrected chi connectivity index (χ2v) is 4.11. The van der Waals surface area contributed by atoms with E-state index in [1.54, 1.807) is 24.3 Å². The Balaban J connectivity index is 0.000000181. The molecule has 3 heteroatoms. The van der Waals surface area contributed by atoms with Crippen molar-refractivity contribution in [3.8, 4) is 5.75 Å². The minimum absolute atomic E-state index is 0.00324. The predicted molar refractivity (Wildman–Crippen MR) is 66.7 cm³/mol. The maximum Gasteiger partial charge on any atom is 0.348 e. The number of epoxide rings is 1. The number of benzene rings is 1. The lowest BCUT2D eigenvalue weighted by atomic mass is 10.1. The number of unbranched alkanes of at least 4 members (excludes halogenated alkanes) is 3. The number of carbonyl (C=O) groups excluding carboxylic acids is 1. The number of carbonyl (C=O) groups is 1. The Morgan fingerprint density at radius 1 is 1.18 bits per heavy atom. The number of phenolic OH excluding ortho intramolecular Hbond substituents is 1. The summed E-state index contributed by atoms with van der Waals surface area (Å²) in [5.74, 6) is 0.319.